The van der Waals surface area contributed by atoms with Crippen molar-refractivity contribution in [2.24, 2.45) is 0 Å². The van der Waals surface area contributed by atoms with E-state index in [1.54, 1.807) is 30.1 Å². The summed E-state index contributed by atoms with van der Waals surface area (Å²) in [6, 6.07) is 13.0. The van der Waals surface area contributed by atoms with Crippen molar-refractivity contribution >= 4 is 27.5 Å². The van der Waals surface area contributed by atoms with Crippen molar-refractivity contribution in [3.63, 3.8) is 0 Å². The number of nitrogens with zero attached hydrogens (tertiary/aromatic N) is 1. The van der Waals surface area contributed by atoms with Crippen LogP contribution >= 0.6 is 15.9 Å². The lowest BCUT2D eigenvalue weighted by molar-refractivity contribution is 0.0785. The molecule has 0 aliphatic rings. The summed E-state index contributed by atoms with van der Waals surface area (Å²) >= 11 is 3.48. The van der Waals surface area contributed by atoms with Gasteiger partial charge in [-0.05, 0) is 23.8 Å². The molecular formula is C16H17BrN2O2. The van der Waals surface area contributed by atoms with Crippen LogP contribution in [-0.4, -0.2) is 25.0 Å². The monoisotopic (exact) mass is 348 g/mol. The van der Waals surface area contributed by atoms with Gasteiger partial charge in [-0.25, -0.2) is 0 Å². The molecule has 21 heavy (non-hydrogen) atoms. The molecule has 0 radical (unpaired) electrons. The first kappa shape index (κ1) is 15.4. The second-order valence-electron chi connectivity index (χ2n) is 4.67. The maximum Gasteiger partial charge on any atom is 0.256 e. The summed E-state index contributed by atoms with van der Waals surface area (Å²) in [5, 5.41) is 0. The van der Waals surface area contributed by atoms with Crippen molar-refractivity contribution in [1.29, 1.82) is 0 Å². The summed E-state index contributed by atoms with van der Waals surface area (Å²) in [6.07, 6.45) is 0. The molecule has 4 nitrogen and oxygen atoms in total. The average Bonchev–Trinajstić information content (AvgIpc) is 2.49. The molecule has 0 fully saturated rings. The number of halogens is 1. The molecule has 0 saturated carbocycles. The average molecular weight is 349 g/mol. The predicted octanol–water partition coefficient (Wildman–Crippen LogP) is 3.31. The summed E-state index contributed by atoms with van der Waals surface area (Å²) in [5.41, 5.74) is 7.82. The number of hydrogen-bond acceptors (Lipinski definition) is 3. The summed E-state index contributed by atoms with van der Waals surface area (Å²) in [4.78, 5) is 14.2. The van der Waals surface area contributed by atoms with Crippen molar-refractivity contribution < 1.29 is 9.53 Å². The van der Waals surface area contributed by atoms with E-state index in [0.29, 0.717) is 23.5 Å². The number of nitrogen functional groups attached to an aromatic ring is 1. The van der Waals surface area contributed by atoms with Gasteiger partial charge in [-0.3, -0.25) is 4.79 Å². The van der Waals surface area contributed by atoms with E-state index >= 15 is 0 Å². The Labute approximate surface area is 132 Å². The third-order valence-electron chi connectivity index (χ3n) is 3.23. The first-order valence-electron chi connectivity index (χ1n) is 6.46. The Morgan fingerprint density at radius 1 is 1.24 bits per heavy atom. The topological polar surface area (TPSA) is 55.6 Å². The lowest BCUT2D eigenvalue weighted by Gasteiger charge is -2.19. The highest BCUT2D eigenvalue weighted by atomic mass is 79.9. The number of carbonyl (C=O) groups excluding carboxylic acids is 1. The Morgan fingerprint density at radius 2 is 1.95 bits per heavy atom. The van der Waals surface area contributed by atoms with E-state index in [1.165, 1.54) is 7.11 Å². The first-order valence-corrected chi connectivity index (χ1v) is 7.25. The van der Waals surface area contributed by atoms with Gasteiger partial charge in [-0.2, -0.15) is 0 Å². The Hall–Kier alpha value is -2.01. The van der Waals surface area contributed by atoms with Gasteiger partial charge in [-0.15, -0.1) is 0 Å². The quantitative estimate of drug-likeness (QED) is 0.862. The molecule has 0 aliphatic carbocycles. The number of nitrogens with two attached hydrogens (primary N) is 1. The van der Waals surface area contributed by atoms with Gasteiger partial charge >= 0.3 is 0 Å². The van der Waals surface area contributed by atoms with E-state index in [-0.39, 0.29) is 5.91 Å². The number of amides is 1. The molecule has 0 saturated heterocycles. The van der Waals surface area contributed by atoms with Crippen molar-refractivity contribution in [2.45, 2.75) is 6.54 Å². The number of methoxy groups -OCH3 is 1. The molecular weight excluding hydrogens is 332 g/mol. The first-order chi connectivity index (χ1) is 10.0. The fourth-order valence-corrected chi connectivity index (χ4v) is 2.48. The van der Waals surface area contributed by atoms with Crippen LogP contribution in [0.15, 0.2) is 46.9 Å². The number of ether oxygens (including phenoxy) is 1. The van der Waals surface area contributed by atoms with Gasteiger partial charge in [0.2, 0.25) is 0 Å². The smallest absolute Gasteiger partial charge is 0.256 e. The third kappa shape index (κ3) is 3.36. The Balaban J connectivity index is 2.22. The standard InChI is InChI=1S/C16H17BrN2O2/c1-19(10-11-6-3-4-8-13(11)17)16(20)12-7-5-9-14(21-2)15(12)18/h3-9H,10,18H2,1-2H3. The predicted molar refractivity (Wildman–Crippen MR) is 87.3 cm³/mol. The molecule has 2 rings (SSSR count). The number of rotatable bonds is 4. The molecule has 0 atom stereocenters. The molecule has 0 aliphatic heterocycles. The van der Waals surface area contributed by atoms with Gasteiger partial charge in [0.25, 0.3) is 5.91 Å². The fraction of sp³-hybridized carbons (Fsp3) is 0.188. The summed E-state index contributed by atoms with van der Waals surface area (Å²) in [7, 11) is 3.28. The lowest BCUT2D eigenvalue weighted by atomic mass is 10.1. The highest BCUT2D eigenvalue weighted by Gasteiger charge is 2.17. The van der Waals surface area contributed by atoms with E-state index in [0.717, 1.165) is 10.0 Å². The zero-order valence-corrected chi connectivity index (χ0v) is 13.6. The molecule has 110 valence electrons. The van der Waals surface area contributed by atoms with Crippen LogP contribution < -0.4 is 10.5 Å². The third-order valence-corrected chi connectivity index (χ3v) is 4.00. The number of carbonyl (C=O) groups is 1. The maximum absolute atomic E-state index is 12.5. The van der Waals surface area contributed by atoms with Crippen molar-refractivity contribution in [1.82, 2.24) is 4.90 Å². The van der Waals surface area contributed by atoms with Crippen molar-refractivity contribution in [2.75, 3.05) is 19.9 Å². The van der Waals surface area contributed by atoms with Crippen LogP contribution in [0.1, 0.15) is 15.9 Å². The molecule has 0 heterocycles. The van der Waals surface area contributed by atoms with E-state index in [9.17, 15) is 4.79 Å². The fourth-order valence-electron chi connectivity index (χ4n) is 2.07. The second-order valence-corrected chi connectivity index (χ2v) is 5.53. The molecule has 0 bridgehead atoms. The number of para-hydroxylation sites is 1. The van der Waals surface area contributed by atoms with Crippen LogP contribution in [0, 0.1) is 0 Å². The minimum Gasteiger partial charge on any atom is -0.495 e. The highest BCUT2D eigenvalue weighted by molar-refractivity contribution is 9.10. The van der Waals surface area contributed by atoms with Gasteiger partial charge < -0.3 is 15.4 Å². The van der Waals surface area contributed by atoms with Gasteiger partial charge in [0, 0.05) is 18.1 Å². The van der Waals surface area contributed by atoms with E-state index < -0.39 is 0 Å². The van der Waals surface area contributed by atoms with Crippen LogP contribution in [0.4, 0.5) is 5.69 Å². The van der Waals surface area contributed by atoms with Gasteiger partial charge in [-0.1, -0.05) is 40.2 Å². The highest BCUT2D eigenvalue weighted by Crippen LogP contribution is 2.26. The zero-order valence-electron chi connectivity index (χ0n) is 12.0. The molecule has 2 aromatic carbocycles. The van der Waals surface area contributed by atoms with E-state index in [2.05, 4.69) is 15.9 Å². The lowest BCUT2D eigenvalue weighted by Crippen LogP contribution is -2.27. The molecule has 0 spiro atoms. The largest absolute Gasteiger partial charge is 0.495 e. The zero-order chi connectivity index (χ0) is 15.4. The molecule has 0 aromatic heterocycles. The van der Waals surface area contributed by atoms with Crippen molar-refractivity contribution in [3.05, 3.63) is 58.1 Å². The number of anilines is 1. The summed E-state index contributed by atoms with van der Waals surface area (Å²) < 4.78 is 6.12. The number of hydrogen-bond donors (Lipinski definition) is 1. The van der Waals surface area contributed by atoms with Crippen LogP contribution in [0.2, 0.25) is 0 Å². The van der Waals surface area contributed by atoms with E-state index in [1.807, 2.05) is 24.3 Å². The van der Waals surface area contributed by atoms with Crippen molar-refractivity contribution in [3.8, 4) is 5.75 Å². The van der Waals surface area contributed by atoms with E-state index in [4.69, 9.17) is 10.5 Å². The van der Waals surface area contributed by atoms with Gasteiger partial charge in [0.1, 0.15) is 5.75 Å². The Kier molecular flexibility index (Phi) is 4.85. The minimum atomic E-state index is -0.137. The van der Waals surface area contributed by atoms with Crippen LogP contribution in [0.3, 0.4) is 0 Å². The minimum absolute atomic E-state index is 0.137. The molecule has 2 aromatic rings. The number of benzene rings is 2. The van der Waals surface area contributed by atoms with Crippen LogP contribution in [-0.2, 0) is 6.54 Å². The second kappa shape index (κ2) is 6.63. The Morgan fingerprint density at radius 3 is 2.62 bits per heavy atom. The summed E-state index contributed by atoms with van der Waals surface area (Å²) in [5.74, 6) is 0.372. The molecule has 1 amide bonds. The summed E-state index contributed by atoms with van der Waals surface area (Å²) in [6.45, 7) is 0.497. The van der Waals surface area contributed by atoms with Crippen LogP contribution in [0.25, 0.3) is 0 Å². The van der Waals surface area contributed by atoms with Gasteiger partial charge in [0.05, 0.1) is 18.4 Å². The Bertz CT molecular complexity index is 658. The normalized spacial score (nSPS) is 10.2. The molecule has 0 unspecified atom stereocenters. The maximum atomic E-state index is 12.5. The SMILES string of the molecule is COc1cccc(C(=O)N(C)Cc2ccccc2Br)c1N. The molecule has 2 N–H and O–H groups in total. The molecule has 5 heteroatoms. The van der Waals surface area contributed by atoms with Crippen LogP contribution in [0.5, 0.6) is 5.75 Å². The van der Waals surface area contributed by atoms with Gasteiger partial charge in [0.15, 0.2) is 0 Å².